The normalized spacial score (nSPS) is 16.5. The average molecular weight is 406 g/mol. The van der Waals surface area contributed by atoms with Gasteiger partial charge in [-0.2, -0.15) is 0 Å². The highest BCUT2D eigenvalue weighted by Gasteiger charge is 2.24. The van der Waals surface area contributed by atoms with Crippen LogP contribution >= 0.6 is 11.8 Å². The molecule has 0 bridgehead atoms. The zero-order valence-corrected chi connectivity index (χ0v) is 18.0. The lowest BCUT2D eigenvalue weighted by atomic mass is 10.00. The van der Waals surface area contributed by atoms with Crippen molar-refractivity contribution in [2.24, 2.45) is 11.8 Å². The van der Waals surface area contributed by atoms with Crippen LogP contribution in [0.2, 0.25) is 0 Å². The molecule has 0 radical (unpaired) electrons. The number of hydrogen-bond donors (Lipinski definition) is 1. The fourth-order valence-corrected chi connectivity index (χ4v) is 3.86. The molecule has 7 nitrogen and oxygen atoms in total. The van der Waals surface area contributed by atoms with Gasteiger partial charge in [-0.3, -0.25) is 9.36 Å². The molecule has 2 aromatic heterocycles. The zero-order chi connectivity index (χ0) is 20.1. The summed E-state index contributed by atoms with van der Waals surface area (Å²) in [4.78, 5) is 14.6. The largest absolute Gasteiger partial charge is 0.467 e. The molecule has 3 heterocycles. The summed E-state index contributed by atoms with van der Waals surface area (Å²) in [6.45, 7) is 11.1. The molecule has 1 saturated heterocycles. The number of aromatic nitrogens is 3. The van der Waals surface area contributed by atoms with Crippen LogP contribution in [-0.2, 0) is 11.3 Å². The predicted molar refractivity (Wildman–Crippen MR) is 112 cm³/mol. The number of furan rings is 1. The molecular formula is C20H31N5O2S. The van der Waals surface area contributed by atoms with Gasteiger partial charge in [-0.15, -0.1) is 10.2 Å². The summed E-state index contributed by atoms with van der Waals surface area (Å²) in [6, 6.07) is 3.99. The molecule has 0 spiro atoms. The van der Waals surface area contributed by atoms with Gasteiger partial charge in [-0.25, -0.2) is 0 Å². The lowest BCUT2D eigenvalue weighted by Gasteiger charge is -2.31. The van der Waals surface area contributed by atoms with E-state index in [4.69, 9.17) is 4.42 Å². The van der Waals surface area contributed by atoms with E-state index in [1.807, 2.05) is 19.1 Å². The van der Waals surface area contributed by atoms with Crippen LogP contribution in [0.4, 0.5) is 5.95 Å². The molecule has 1 amide bonds. The SMILES string of the molecule is CC1CCN(c2nnc(SCC(=O)NC(C)C(C)C)n2Cc2ccco2)CC1. The highest BCUT2D eigenvalue weighted by atomic mass is 32.2. The number of carbonyl (C=O) groups is 1. The Balaban J connectivity index is 1.72. The number of nitrogens with zero attached hydrogens (tertiary/aromatic N) is 4. The fraction of sp³-hybridized carbons (Fsp3) is 0.650. The maximum absolute atomic E-state index is 12.3. The second kappa shape index (κ2) is 9.49. The van der Waals surface area contributed by atoms with Gasteiger partial charge in [0.2, 0.25) is 11.9 Å². The molecule has 1 unspecified atom stereocenters. The fourth-order valence-electron chi connectivity index (χ4n) is 3.12. The summed E-state index contributed by atoms with van der Waals surface area (Å²) in [7, 11) is 0. The number of rotatable bonds is 8. The lowest BCUT2D eigenvalue weighted by molar-refractivity contribution is -0.119. The zero-order valence-electron chi connectivity index (χ0n) is 17.2. The third-order valence-corrected chi connectivity index (χ3v) is 6.35. The third kappa shape index (κ3) is 5.31. The van der Waals surface area contributed by atoms with Crippen molar-refractivity contribution in [2.75, 3.05) is 23.7 Å². The smallest absolute Gasteiger partial charge is 0.230 e. The topological polar surface area (TPSA) is 76.2 Å². The van der Waals surface area contributed by atoms with Crippen LogP contribution in [0.25, 0.3) is 0 Å². The maximum Gasteiger partial charge on any atom is 0.230 e. The Morgan fingerprint density at radius 1 is 1.32 bits per heavy atom. The number of carbonyl (C=O) groups excluding carboxylic acids is 1. The van der Waals surface area contributed by atoms with Crippen molar-refractivity contribution in [2.45, 2.75) is 58.3 Å². The van der Waals surface area contributed by atoms with Crippen LogP contribution in [-0.4, -0.2) is 45.6 Å². The van der Waals surface area contributed by atoms with Crippen LogP contribution in [0.15, 0.2) is 28.0 Å². The first-order chi connectivity index (χ1) is 13.4. The van der Waals surface area contributed by atoms with E-state index < -0.39 is 0 Å². The summed E-state index contributed by atoms with van der Waals surface area (Å²) in [5, 5.41) is 12.6. The summed E-state index contributed by atoms with van der Waals surface area (Å²) in [6.07, 6.45) is 3.99. The molecule has 8 heteroatoms. The van der Waals surface area contributed by atoms with Crippen molar-refractivity contribution in [3.8, 4) is 0 Å². The minimum absolute atomic E-state index is 0.0205. The Morgan fingerprint density at radius 2 is 2.07 bits per heavy atom. The minimum Gasteiger partial charge on any atom is -0.467 e. The van der Waals surface area contributed by atoms with Gasteiger partial charge >= 0.3 is 0 Å². The van der Waals surface area contributed by atoms with Crippen molar-refractivity contribution in [3.05, 3.63) is 24.2 Å². The standard InChI is InChI=1S/C20H31N5O2S/c1-14(2)16(4)21-18(26)13-28-20-23-22-19(24-9-7-15(3)8-10-24)25(20)12-17-6-5-11-27-17/h5-6,11,14-16H,7-10,12-13H2,1-4H3,(H,21,26). The molecule has 0 saturated carbocycles. The Kier molecular flexibility index (Phi) is 7.04. The molecule has 3 rings (SSSR count). The van der Waals surface area contributed by atoms with E-state index >= 15 is 0 Å². The van der Waals surface area contributed by atoms with E-state index in [9.17, 15) is 4.79 Å². The molecule has 28 heavy (non-hydrogen) atoms. The van der Waals surface area contributed by atoms with E-state index in [-0.39, 0.29) is 11.9 Å². The van der Waals surface area contributed by atoms with Gasteiger partial charge in [0.15, 0.2) is 5.16 Å². The highest BCUT2D eigenvalue weighted by Crippen LogP contribution is 2.27. The van der Waals surface area contributed by atoms with Crippen molar-refractivity contribution in [1.29, 1.82) is 0 Å². The second-order valence-corrected chi connectivity index (χ2v) is 8.95. The molecule has 1 aliphatic heterocycles. The van der Waals surface area contributed by atoms with Crippen molar-refractivity contribution in [1.82, 2.24) is 20.1 Å². The number of nitrogens with one attached hydrogen (secondary N) is 1. The highest BCUT2D eigenvalue weighted by molar-refractivity contribution is 7.99. The monoisotopic (exact) mass is 405 g/mol. The molecule has 1 fully saturated rings. The first-order valence-corrected chi connectivity index (χ1v) is 11.0. The Morgan fingerprint density at radius 3 is 2.71 bits per heavy atom. The van der Waals surface area contributed by atoms with Crippen LogP contribution in [0.1, 0.15) is 46.3 Å². The Bertz CT molecular complexity index is 751. The van der Waals surface area contributed by atoms with Crippen LogP contribution in [0.5, 0.6) is 0 Å². The molecule has 1 N–H and O–H groups in total. The van der Waals surface area contributed by atoms with Gasteiger partial charge in [0, 0.05) is 19.1 Å². The van der Waals surface area contributed by atoms with Gasteiger partial charge < -0.3 is 14.6 Å². The van der Waals surface area contributed by atoms with E-state index in [1.165, 1.54) is 11.8 Å². The van der Waals surface area contributed by atoms with Gasteiger partial charge in [-0.05, 0) is 43.7 Å². The molecular weight excluding hydrogens is 374 g/mol. The van der Waals surface area contributed by atoms with Crippen LogP contribution in [0, 0.1) is 11.8 Å². The predicted octanol–water partition coefficient (Wildman–Crippen LogP) is 3.41. The van der Waals surface area contributed by atoms with E-state index in [0.717, 1.165) is 48.7 Å². The van der Waals surface area contributed by atoms with Gasteiger partial charge in [0.25, 0.3) is 0 Å². The quantitative estimate of drug-likeness (QED) is 0.678. The summed E-state index contributed by atoms with van der Waals surface area (Å²) in [5.41, 5.74) is 0. The molecule has 2 aromatic rings. The van der Waals surface area contributed by atoms with E-state index in [2.05, 4.69) is 45.8 Å². The molecule has 0 aromatic carbocycles. The molecule has 0 aliphatic carbocycles. The second-order valence-electron chi connectivity index (χ2n) is 8.01. The van der Waals surface area contributed by atoms with E-state index in [0.29, 0.717) is 18.2 Å². The maximum atomic E-state index is 12.3. The summed E-state index contributed by atoms with van der Waals surface area (Å²) in [5.74, 6) is 3.22. The van der Waals surface area contributed by atoms with Gasteiger partial charge in [0.1, 0.15) is 5.76 Å². The van der Waals surface area contributed by atoms with Crippen LogP contribution in [0.3, 0.4) is 0 Å². The van der Waals surface area contributed by atoms with Crippen molar-refractivity contribution < 1.29 is 9.21 Å². The van der Waals surface area contributed by atoms with E-state index in [1.54, 1.807) is 6.26 Å². The lowest BCUT2D eigenvalue weighted by Crippen LogP contribution is -2.37. The number of thioether (sulfide) groups is 1. The molecule has 1 atom stereocenters. The first-order valence-electron chi connectivity index (χ1n) is 10.1. The Hall–Kier alpha value is -1.96. The summed E-state index contributed by atoms with van der Waals surface area (Å²) >= 11 is 1.43. The average Bonchev–Trinajstić information content (AvgIpc) is 3.31. The Labute approximate surface area is 171 Å². The third-order valence-electron chi connectivity index (χ3n) is 5.38. The van der Waals surface area contributed by atoms with Gasteiger partial charge in [0.05, 0.1) is 18.6 Å². The number of piperidine rings is 1. The number of anilines is 1. The molecule has 154 valence electrons. The van der Waals surface area contributed by atoms with Gasteiger partial charge in [-0.1, -0.05) is 32.5 Å². The van der Waals surface area contributed by atoms with Crippen molar-refractivity contribution >= 4 is 23.6 Å². The minimum atomic E-state index is 0.0205. The number of hydrogen-bond acceptors (Lipinski definition) is 6. The first kappa shape index (κ1) is 20.8. The van der Waals surface area contributed by atoms with Crippen LogP contribution < -0.4 is 10.2 Å². The summed E-state index contributed by atoms with van der Waals surface area (Å²) < 4.78 is 7.61. The molecule has 1 aliphatic rings. The van der Waals surface area contributed by atoms with Crippen molar-refractivity contribution in [3.63, 3.8) is 0 Å². The number of amides is 1.